The molecule has 35 heavy (non-hydrogen) atoms. The van der Waals surface area contributed by atoms with Crippen LogP contribution in [0.5, 0.6) is 0 Å². The van der Waals surface area contributed by atoms with Crippen molar-refractivity contribution in [2.75, 3.05) is 19.6 Å². The fraction of sp³-hybridized carbons (Fsp3) is 0.321. The van der Waals surface area contributed by atoms with Crippen molar-refractivity contribution in [3.63, 3.8) is 0 Å². The Morgan fingerprint density at radius 3 is 2.23 bits per heavy atom. The fourth-order valence-electron chi connectivity index (χ4n) is 5.20. The Kier molecular flexibility index (Phi) is 6.84. The number of benzene rings is 2. The molecule has 0 unspecified atom stereocenters. The zero-order valence-electron chi connectivity index (χ0n) is 19.6. The fourth-order valence-corrected chi connectivity index (χ4v) is 5.33. The van der Waals surface area contributed by atoms with Gasteiger partial charge in [-0.1, -0.05) is 60.1 Å². The van der Waals surface area contributed by atoms with Gasteiger partial charge in [-0.3, -0.25) is 19.6 Å². The number of imide groups is 1. The van der Waals surface area contributed by atoms with Crippen molar-refractivity contribution in [2.45, 2.75) is 37.9 Å². The molecule has 7 heteroatoms. The van der Waals surface area contributed by atoms with Crippen molar-refractivity contribution in [2.24, 2.45) is 0 Å². The molecule has 3 aromatic rings. The number of pyridine rings is 1. The van der Waals surface area contributed by atoms with Crippen LogP contribution in [-0.2, 0) is 24.3 Å². The maximum Gasteiger partial charge on any atom is 0.328 e. The summed E-state index contributed by atoms with van der Waals surface area (Å²) >= 11 is 6.03. The van der Waals surface area contributed by atoms with Gasteiger partial charge in [0.25, 0.3) is 5.91 Å². The molecule has 0 atom stereocenters. The second-order valence-electron chi connectivity index (χ2n) is 9.36. The lowest BCUT2D eigenvalue weighted by Crippen LogP contribution is -2.56. The van der Waals surface area contributed by atoms with Gasteiger partial charge in [0.15, 0.2) is 0 Å². The number of likely N-dealkylation sites (tertiary alicyclic amines) is 1. The Morgan fingerprint density at radius 1 is 0.829 bits per heavy atom. The highest BCUT2D eigenvalue weighted by atomic mass is 35.5. The van der Waals surface area contributed by atoms with E-state index in [0.29, 0.717) is 19.4 Å². The van der Waals surface area contributed by atoms with Gasteiger partial charge < -0.3 is 4.90 Å². The largest absolute Gasteiger partial charge is 0.328 e. The lowest BCUT2D eigenvalue weighted by atomic mass is 9.85. The zero-order chi connectivity index (χ0) is 24.3. The molecule has 180 valence electrons. The van der Waals surface area contributed by atoms with Crippen LogP contribution < -0.4 is 0 Å². The maximum atomic E-state index is 13.8. The molecule has 3 amide bonds. The molecule has 3 heterocycles. The summed E-state index contributed by atoms with van der Waals surface area (Å²) in [5.41, 5.74) is 2.42. The smallest absolute Gasteiger partial charge is 0.309 e. The van der Waals surface area contributed by atoms with Crippen LogP contribution in [0, 0.1) is 0 Å². The van der Waals surface area contributed by atoms with E-state index in [9.17, 15) is 9.59 Å². The van der Waals surface area contributed by atoms with Crippen LogP contribution in [0.4, 0.5) is 4.79 Å². The first-order chi connectivity index (χ1) is 17.0. The van der Waals surface area contributed by atoms with E-state index in [1.54, 1.807) is 12.4 Å². The zero-order valence-corrected chi connectivity index (χ0v) is 20.4. The van der Waals surface area contributed by atoms with Crippen molar-refractivity contribution in [3.8, 4) is 0 Å². The predicted octanol–water partition coefficient (Wildman–Crippen LogP) is 4.78. The summed E-state index contributed by atoms with van der Waals surface area (Å²) in [6.45, 7) is 3.09. The molecular weight excluding hydrogens is 460 g/mol. The van der Waals surface area contributed by atoms with E-state index < -0.39 is 5.54 Å². The summed E-state index contributed by atoms with van der Waals surface area (Å²) in [5, 5.41) is 0.726. The Morgan fingerprint density at radius 2 is 1.54 bits per heavy atom. The lowest BCUT2D eigenvalue weighted by molar-refractivity contribution is -0.136. The number of carbonyl (C=O) groups is 2. The monoisotopic (exact) mass is 488 g/mol. The standard InChI is InChI=1S/C28H29ClN4O2/c29-25-10-8-23(9-11-25)20-31-17-13-28(14-18-31)26(34)32(21-24-7-4-15-30-19-24)27(35)33(28)16-12-22-5-2-1-3-6-22/h1-11,15,19H,12-14,16-18,20-21H2. The molecule has 1 aromatic heterocycles. The van der Waals surface area contributed by atoms with E-state index in [-0.39, 0.29) is 18.5 Å². The molecule has 0 N–H and O–H groups in total. The van der Waals surface area contributed by atoms with Gasteiger partial charge in [0.2, 0.25) is 0 Å². The SMILES string of the molecule is O=C1N(Cc2cccnc2)C(=O)C2(CCN(Cc3ccc(Cl)cc3)CC2)N1CCc1ccccc1. The number of rotatable bonds is 7. The minimum absolute atomic E-state index is 0.0782. The number of aromatic nitrogens is 1. The van der Waals surface area contributed by atoms with Crippen molar-refractivity contribution < 1.29 is 9.59 Å². The van der Waals surface area contributed by atoms with Gasteiger partial charge in [0, 0.05) is 43.6 Å². The average Bonchev–Trinajstić information content (AvgIpc) is 3.07. The van der Waals surface area contributed by atoms with Gasteiger partial charge in [-0.15, -0.1) is 0 Å². The molecule has 2 saturated heterocycles. The Labute approximate surface area is 211 Å². The highest BCUT2D eigenvalue weighted by molar-refractivity contribution is 6.30. The number of halogens is 1. The number of hydrogen-bond acceptors (Lipinski definition) is 4. The van der Waals surface area contributed by atoms with Crippen LogP contribution in [-0.4, -0.2) is 56.8 Å². The molecule has 1 spiro atoms. The van der Waals surface area contributed by atoms with Crippen molar-refractivity contribution >= 4 is 23.5 Å². The molecule has 0 saturated carbocycles. The van der Waals surface area contributed by atoms with Gasteiger partial charge in [-0.25, -0.2) is 4.79 Å². The third-order valence-electron chi connectivity index (χ3n) is 7.15. The van der Waals surface area contributed by atoms with Crippen molar-refractivity contribution in [1.29, 1.82) is 0 Å². The van der Waals surface area contributed by atoms with E-state index in [2.05, 4.69) is 22.0 Å². The topological polar surface area (TPSA) is 56.8 Å². The third kappa shape index (κ3) is 4.95. The average molecular weight is 489 g/mol. The number of nitrogens with zero attached hydrogens (tertiary/aromatic N) is 4. The summed E-state index contributed by atoms with van der Waals surface area (Å²) < 4.78 is 0. The van der Waals surface area contributed by atoms with Crippen molar-refractivity contribution in [3.05, 3.63) is 101 Å². The van der Waals surface area contributed by atoms with Crippen LogP contribution in [0.1, 0.15) is 29.5 Å². The number of hydrogen-bond donors (Lipinski definition) is 0. The first kappa shape index (κ1) is 23.5. The molecule has 2 aliphatic heterocycles. The Hall–Kier alpha value is -3.22. The van der Waals surface area contributed by atoms with E-state index in [4.69, 9.17) is 11.6 Å². The summed E-state index contributed by atoms with van der Waals surface area (Å²) in [5.74, 6) is -0.0782. The predicted molar refractivity (Wildman–Crippen MR) is 136 cm³/mol. The normalized spacial score (nSPS) is 18.0. The molecule has 2 aliphatic rings. The lowest BCUT2D eigenvalue weighted by Gasteiger charge is -2.42. The van der Waals surface area contributed by atoms with Gasteiger partial charge in [0.05, 0.1) is 6.54 Å². The Bertz CT molecular complexity index is 1160. The summed E-state index contributed by atoms with van der Waals surface area (Å²) in [6.07, 6.45) is 5.39. The first-order valence-electron chi connectivity index (χ1n) is 12.1. The number of urea groups is 1. The van der Waals surface area contributed by atoms with Crippen LogP contribution in [0.15, 0.2) is 79.1 Å². The number of amides is 3. The molecule has 5 rings (SSSR count). The summed E-state index contributed by atoms with van der Waals surface area (Å²) in [4.78, 5) is 37.2. The minimum atomic E-state index is -0.787. The molecule has 2 fully saturated rings. The van der Waals surface area contributed by atoms with E-state index in [1.165, 1.54) is 10.5 Å². The second kappa shape index (κ2) is 10.2. The minimum Gasteiger partial charge on any atom is -0.309 e. The molecule has 6 nitrogen and oxygen atoms in total. The van der Waals surface area contributed by atoms with Gasteiger partial charge >= 0.3 is 6.03 Å². The maximum absolute atomic E-state index is 13.8. The number of piperidine rings is 1. The summed E-state index contributed by atoms with van der Waals surface area (Å²) in [6, 6.07) is 21.6. The van der Waals surface area contributed by atoms with Crippen LogP contribution in [0.25, 0.3) is 0 Å². The quantitative estimate of drug-likeness (QED) is 0.449. The van der Waals surface area contributed by atoms with Gasteiger partial charge in [0.1, 0.15) is 5.54 Å². The first-order valence-corrected chi connectivity index (χ1v) is 12.5. The van der Waals surface area contributed by atoms with Crippen molar-refractivity contribution in [1.82, 2.24) is 19.7 Å². The van der Waals surface area contributed by atoms with Crippen LogP contribution >= 0.6 is 11.6 Å². The van der Waals surface area contributed by atoms with E-state index in [1.807, 2.05) is 59.5 Å². The van der Waals surface area contributed by atoms with Crippen LogP contribution in [0.3, 0.4) is 0 Å². The highest BCUT2D eigenvalue weighted by Crippen LogP contribution is 2.38. The third-order valence-corrected chi connectivity index (χ3v) is 7.41. The Balaban J connectivity index is 1.34. The van der Waals surface area contributed by atoms with Crippen LogP contribution in [0.2, 0.25) is 5.02 Å². The molecule has 0 bridgehead atoms. The van der Waals surface area contributed by atoms with Gasteiger partial charge in [-0.05, 0) is 54.2 Å². The number of carbonyl (C=O) groups excluding carboxylic acids is 2. The molecule has 0 radical (unpaired) electrons. The molecule has 2 aromatic carbocycles. The second-order valence-corrected chi connectivity index (χ2v) is 9.79. The molecule has 0 aliphatic carbocycles. The van der Waals surface area contributed by atoms with E-state index in [0.717, 1.165) is 42.2 Å². The van der Waals surface area contributed by atoms with Gasteiger partial charge in [-0.2, -0.15) is 0 Å². The molecular formula is C28H29ClN4O2. The summed E-state index contributed by atoms with van der Waals surface area (Å²) in [7, 11) is 0. The highest BCUT2D eigenvalue weighted by Gasteiger charge is 2.57. The van der Waals surface area contributed by atoms with E-state index >= 15 is 0 Å².